The summed E-state index contributed by atoms with van der Waals surface area (Å²) in [5.41, 5.74) is 9.11. The molecule has 1 unspecified atom stereocenters. The van der Waals surface area contributed by atoms with Gasteiger partial charge in [-0.2, -0.15) is 0 Å². The van der Waals surface area contributed by atoms with Gasteiger partial charge in [-0.25, -0.2) is 0 Å². The van der Waals surface area contributed by atoms with Gasteiger partial charge in [0, 0.05) is 5.69 Å². The molecule has 0 radical (unpaired) electrons. The van der Waals surface area contributed by atoms with Crippen LogP contribution in [0.4, 0.5) is 5.69 Å². The predicted molar refractivity (Wildman–Crippen MR) is 95.6 cm³/mol. The van der Waals surface area contributed by atoms with Crippen LogP contribution in [-0.4, -0.2) is 18.4 Å². The van der Waals surface area contributed by atoms with Gasteiger partial charge in [-0.15, -0.1) is 0 Å². The van der Waals surface area contributed by atoms with E-state index in [2.05, 4.69) is 10.6 Å². The van der Waals surface area contributed by atoms with Crippen molar-refractivity contribution in [2.24, 2.45) is 5.73 Å². The van der Waals surface area contributed by atoms with Crippen LogP contribution < -0.4 is 16.4 Å². The van der Waals surface area contributed by atoms with Gasteiger partial charge in [-0.1, -0.05) is 55.5 Å². The van der Waals surface area contributed by atoms with Crippen molar-refractivity contribution in [2.75, 3.05) is 11.9 Å². The summed E-state index contributed by atoms with van der Waals surface area (Å²) in [5, 5.41) is 5.85. The van der Waals surface area contributed by atoms with Crippen LogP contribution in [0, 0.1) is 6.92 Å². The summed E-state index contributed by atoms with van der Waals surface area (Å²) in [5.74, 6) is -0.722. The Labute approximate surface area is 142 Å². The summed E-state index contributed by atoms with van der Waals surface area (Å²) in [6.45, 7) is 4.00. The van der Waals surface area contributed by atoms with E-state index in [0.717, 1.165) is 28.8 Å². The van der Waals surface area contributed by atoms with Crippen molar-refractivity contribution >= 4 is 17.5 Å². The van der Waals surface area contributed by atoms with Crippen LogP contribution in [0.1, 0.15) is 29.7 Å². The van der Waals surface area contributed by atoms with Crippen LogP contribution >= 0.6 is 0 Å². The summed E-state index contributed by atoms with van der Waals surface area (Å²) in [7, 11) is 0. The van der Waals surface area contributed by atoms with E-state index in [1.54, 1.807) is 12.1 Å². The highest BCUT2D eigenvalue weighted by Crippen LogP contribution is 2.21. The van der Waals surface area contributed by atoms with Crippen molar-refractivity contribution in [3.63, 3.8) is 0 Å². The number of carbonyl (C=O) groups excluding carboxylic acids is 2. The molecule has 5 heteroatoms. The summed E-state index contributed by atoms with van der Waals surface area (Å²) in [4.78, 5) is 23.9. The van der Waals surface area contributed by atoms with E-state index in [4.69, 9.17) is 5.73 Å². The molecular weight excluding hydrogens is 302 g/mol. The number of aryl methyl sites for hydroxylation is 2. The fourth-order valence-corrected chi connectivity index (χ4v) is 2.61. The summed E-state index contributed by atoms with van der Waals surface area (Å²) < 4.78 is 0. The highest BCUT2D eigenvalue weighted by atomic mass is 16.2. The number of nitrogens with one attached hydrogen (secondary N) is 2. The number of carbonyl (C=O) groups is 2. The van der Waals surface area contributed by atoms with Crippen LogP contribution in [0.25, 0.3) is 0 Å². The van der Waals surface area contributed by atoms with Gasteiger partial charge in [-0.3, -0.25) is 14.9 Å². The monoisotopic (exact) mass is 325 g/mol. The lowest BCUT2D eigenvalue weighted by molar-refractivity contribution is -0.120. The molecule has 2 rings (SSSR count). The van der Waals surface area contributed by atoms with E-state index in [9.17, 15) is 9.59 Å². The maximum atomic E-state index is 12.3. The maximum absolute atomic E-state index is 12.3. The molecule has 0 bridgehead atoms. The van der Waals surface area contributed by atoms with Crippen molar-refractivity contribution in [1.82, 2.24) is 5.32 Å². The summed E-state index contributed by atoms with van der Waals surface area (Å²) in [6.07, 6.45) is 0.832. The van der Waals surface area contributed by atoms with E-state index in [1.807, 2.05) is 50.2 Å². The van der Waals surface area contributed by atoms with E-state index >= 15 is 0 Å². The molecule has 1 atom stereocenters. The van der Waals surface area contributed by atoms with E-state index in [1.165, 1.54) is 0 Å². The smallest absolute Gasteiger partial charge is 0.239 e. The Morgan fingerprint density at radius 3 is 2.42 bits per heavy atom. The molecule has 0 saturated carbocycles. The standard InChI is InChI=1S/C19H23N3O2/c1-3-14-11-7-8-13(2)17(14)22-16(23)12-21-18(19(20)24)15-9-5-4-6-10-15/h4-11,18,21H,3,12H2,1-2H3,(H2,20,24)(H,22,23). The van der Waals surface area contributed by atoms with Gasteiger partial charge in [0.2, 0.25) is 11.8 Å². The minimum absolute atomic E-state index is 0.0000104. The lowest BCUT2D eigenvalue weighted by atomic mass is 10.1. The molecule has 0 aliphatic rings. The highest BCUT2D eigenvalue weighted by Gasteiger charge is 2.18. The third-order valence-corrected chi connectivity index (χ3v) is 3.89. The second-order valence-corrected chi connectivity index (χ2v) is 5.64. The van der Waals surface area contributed by atoms with Crippen LogP contribution in [0.15, 0.2) is 48.5 Å². The van der Waals surface area contributed by atoms with Crippen molar-refractivity contribution in [3.05, 3.63) is 65.2 Å². The normalized spacial score (nSPS) is 11.8. The minimum Gasteiger partial charge on any atom is -0.368 e. The Bertz CT molecular complexity index is 714. The second kappa shape index (κ2) is 8.26. The predicted octanol–water partition coefficient (Wildman–Crippen LogP) is 2.31. The zero-order valence-electron chi connectivity index (χ0n) is 14.0. The molecule has 2 aromatic carbocycles. The molecule has 24 heavy (non-hydrogen) atoms. The third-order valence-electron chi connectivity index (χ3n) is 3.89. The number of para-hydroxylation sites is 1. The average molecular weight is 325 g/mol. The highest BCUT2D eigenvalue weighted by molar-refractivity contribution is 5.94. The summed E-state index contributed by atoms with van der Waals surface area (Å²) in [6, 6.07) is 14.3. The minimum atomic E-state index is -0.695. The molecule has 0 saturated heterocycles. The Morgan fingerprint density at radius 2 is 1.79 bits per heavy atom. The van der Waals surface area contributed by atoms with Gasteiger partial charge in [0.25, 0.3) is 0 Å². The molecule has 0 aliphatic carbocycles. The number of anilines is 1. The van der Waals surface area contributed by atoms with E-state index in [0.29, 0.717) is 0 Å². The SMILES string of the molecule is CCc1cccc(C)c1NC(=O)CNC(C(N)=O)c1ccccc1. The first-order chi connectivity index (χ1) is 11.5. The molecule has 0 aliphatic heterocycles. The first-order valence-electron chi connectivity index (χ1n) is 7.99. The fourth-order valence-electron chi connectivity index (χ4n) is 2.61. The quantitative estimate of drug-likeness (QED) is 0.730. The molecular formula is C19H23N3O2. The lowest BCUT2D eigenvalue weighted by Gasteiger charge is -2.17. The van der Waals surface area contributed by atoms with Crippen molar-refractivity contribution < 1.29 is 9.59 Å². The van der Waals surface area contributed by atoms with Crippen molar-refractivity contribution in [1.29, 1.82) is 0 Å². The summed E-state index contributed by atoms with van der Waals surface area (Å²) >= 11 is 0. The fraction of sp³-hybridized carbons (Fsp3) is 0.263. The van der Waals surface area contributed by atoms with E-state index < -0.39 is 11.9 Å². The van der Waals surface area contributed by atoms with Crippen molar-refractivity contribution in [2.45, 2.75) is 26.3 Å². The maximum Gasteiger partial charge on any atom is 0.239 e. The topological polar surface area (TPSA) is 84.2 Å². The number of primary amides is 1. The molecule has 126 valence electrons. The largest absolute Gasteiger partial charge is 0.368 e. The molecule has 2 aromatic rings. The Kier molecular flexibility index (Phi) is 6.09. The number of benzene rings is 2. The van der Waals surface area contributed by atoms with Crippen LogP contribution in [0.5, 0.6) is 0 Å². The Morgan fingerprint density at radius 1 is 1.08 bits per heavy atom. The van der Waals surface area contributed by atoms with Crippen LogP contribution in [0.2, 0.25) is 0 Å². The third kappa shape index (κ3) is 4.43. The Balaban J connectivity index is 2.03. The van der Waals surface area contributed by atoms with Crippen LogP contribution in [0.3, 0.4) is 0 Å². The first-order valence-corrected chi connectivity index (χ1v) is 7.99. The number of hydrogen-bond acceptors (Lipinski definition) is 3. The zero-order chi connectivity index (χ0) is 17.5. The zero-order valence-corrected chi connectivity index (χ0v) is 14.0. The molecule has 2 amide bonds. The molecule has 0 aromatic heterocycles. The van der Waals surface area contributed by atoms with Gasteiger partial charge in [-0.05, 0) is 30.0 Å². The van der Waals surface area contributed by atoms with Gasteiger partial charge in [0.05, 0.1) is 6.54 Å². The van der Waals surface area contributed by atoms with Crippen LogP contribution in [-0.2, 0) is 16.0 Å². The number of rotatable bonds is 7. The lowest BCUT2D eigenvalue weighted by Crippen LogP contribution is -2.38. The first kappa shape index (κ1) is 17.7. The number of nitrogens with two attached hydrogens (primary N) is 1. The number of hydrogen-bond donors (Lipinski definition) is 3. The van der Waals surface area contributed by atoms with Crippen molar-refractivity contribution in [3.8, 4) is 0 Å². The molecule has 4 N–H and O–H groups in total. The average Bonchev–Trinajstić information content (AvgIpc) is 2.57. The van der Waals surface area contributed by atoms with Gasteiger partial charge < -0.3 is 11.1 Å². The Hall–Kier alpha value is -2.66. The van der Waals surface area contributed by atoms with Gasteiger partial charge in [0.15, 0.2) is 0 Å². The molecule has 0 heterocycles. The van der Waals surface area contributed by atoms with E-state index in [-0.39, 0.29) is 12.5 Å². The molecule has 0 spiro atoms. The van der Waals surface area contributed by atoms with Gasteiger partial charge in [0.1, 0.15) is 6.04 Å². The van der Waals surface area contributed by atoms with Gasteiger partial charge >= 0.3 is 0 Å². The number of amides is 2. The molecule has 5 nitrogen and oxygen atoms in total. The second-order valence-electron chi connectivity index (χ2n) is 5.64. The molecule has 0 fully saturated rings.